The highest BCUT2D eigenvalue weighted by molar-refractivity contribution is 5.95. The van der Waals surface area contributed by atoms with Crippen LogP contribution in [0.4, 0.5) is 30.5 Å². The molecular formula is C24H23F3N6O2. The van der Waals surface area contributed by atoms with Crippen molar-refractivity contribution < 1.29 is 22.8 Å². The van der Waals surface area contributed by atoms with Gasteiger partial charge in [-0.2, -0.15) is 13.2 Å². The van der Waals surface area contributed by atoms with Gasteiger partial charge >= 0.3 is 6.18 Å². The largest absolute Gasteiger partial charge is 0.418 e. The van der Waals surface area contributed by atoms with Crippen LogP contribution in [0, 0.1) is 0 Å². The van der Waals surface area contributed by atoms with E-state index in [4.69, 9.17) is 0 Å². The van der Waals surface area contributed by atoms with Gasteiger partial charge in [0.2, 0.25) is 11.9 Å². The number of halogens is 3. The standard InChI is InChI=1S/C24H23F3N6O2/c25-24(26,27)19-7-1-2-8-20(19)31-21(34)16-32-11-13-33(14-12-32)22(35)17-5-3-6-18(15-17)30-23-28-9-4-10-29-23/h1-10,15H,11-14,16H2,(H,31,34)(H,28,29,30). The van der Waals surface area contributed by atoms with Crippen molar-refractivity contribution in [2.24, 2.45) is 0 Å². The quantitative estimate of drug-likeness (QED) is 0.555. The zero-order valence-corrected chi connectivity index (χ0v) is 18.6. The minimum atomic E-state index is -4.56. The average Bonchev–Trinajstić information content (AvgIpc) is 2.84. The molecule has 1 saturated heterocycles. The fourth-order valence-corrected chi connectivity index (χ4v) is 3.75. The molecule has 2 amide bonds. The summed E-state index contributed by atoms with van der Waals surface area (Å²) in [5, 5.41) is 5.40. The maximum atomic E-state index is 13.1. The van der Waals surface area contributed by atoms with E-state index in [1.807, 2.05) is 0 Å². The van der Waals surface area contributed by atoms with Crippen LogP contribution >= 0.6 is 0 Å². The number of hydrogen-bond acceptors (Lipinski definition) is 6. The lowest BCUT2D eigenvalue weighted by Crippen LogP contribution is -2.50. The molecule has 182 valence electrons. The summed E-state index contributed by atoms with van der Waals surface area (Å²) in [5.74, 6) is -0.268. The monoisotopic (exact) mass is 484 g/mol. The van der Waals surface area contributed by atoms with Crippen LogP contribution in [0.5, 0.6) is 0 Å². The zero-order valence-electron chi connectivity index (χ0n) is 18.6. The number of nitrogens with one attached hydrogen (secondary N) is 2. The number of rotatable bonds is 6. The molecule has 1 aliphatic heterocycles. The molecule has 8 nitrogen and oxygen atoms in total. The third-order valence-electron chi connectivity index (χ3n) is 5.46. The fourth-order valence-electron chi connectivity index (χ4n) is 3.75. The predicted molar refractivity (Wildman–Crippen MR) is 124 cm³/mol. The molecule has 35 heavy (non-hydrogen) atoms. The maximum Gasteiger partial charge on any atom is 0.418 e. The first-order valence-electron chi connectivity index (χ1n) is 10.9. The van der Waals surface area contributed by atoms with Crippen LogP contribution < -0.4 is 10.6 Å². The molecule has 4 rings (SSSR count). The number of para-hydroxylation sites is 1. The van der Waals surface area contributed by atoms with E-state index < -0.39 is 17.6 Å². The van der Waals surface area contributed by atoms with E-state index >= 15 is 0 Å². The van der Waals surface area contributed by atoms with Gasteiger partial charge in [0.1, 0.15) is 0 Å². The van der Waals surface area contributed by atoms with Gasteiger partial charge in [0.05, 0.1) is 17.8 Å². The molecule has 11 heteroatoms. The Bertz CT molecular complexity index is 1180. The van der Waals surface area contributed by atoms with Crippen LogP contribution in [-0.4, -0.2) is 64.3 Å². The second kappa shape index (κ2) is 10.5. The molecule has 2 heterocycles. The summed E-state index contributed by atoms with van der Waals surface area (Å²) in [7, 11) is 0. The van der Waals surface area contributed by atoms with Crippen molar-refractivity contribution in [2.45, 2.75) is 6.18 Å². The highest BCUT2D eigenvalue weighted by Gasteiger charge is 2.33. The van der Waals surface area contributed by atoms with Gasteiger partial charge in [-0.15, -0.1) is 0 Å². The van der Waals surface area contributed by atoms with E-state index in [1.165, 1.54) is 18.2 Å². The van der Waals surface area contributed by atoms with Crippen molar-refractivity contribution in [2.75, 3.05) is 43.4 Å². The van der Waals surface area contributed by atoms with Gasteiger partial charge in [0.15, 0.2) is 0 Å². The van der Waals surface area contributed by atoms with Gasteiger partial charge in [-0.1, -0.05) is 18.2 Å². The molecule has 0 radical (unpaired) electrons. The lowest BCUT2D eigenvalue weighted by atomic mass is 10.1. The molecular weight excluding hydrogens is 461 g/mol. The molecule has 1 aromatic heterocycles. The third-order valence-corrected chi connectivity index (χ3v) is 5.46. The number of amides is 2. The Kier molecular flexibility index (Phi) is 7.25. The topological polar surface area (TPSA) is 90.5 Å². The van der Waals surface area contributed by atoms with Crippen molar-refractivity contribution in [1.82, 2.24) is 19.8 Å². The Morgan fingerprint density at radius 1 is 0.914 bits per heavy atom. The van der Waals surface area contributed by atoms with Crippen LogP contribution in [0.3, 0.4) is 0 Å². The summed E-state index contributed by atoms with van der Waals surface area (Å²) in [5.41, 5.74) is 0.0184. The second-order valence-electron chi connectivity index (χ2n) is 7.94. The molecule has 0 atom stereocenters. The molecule has 3 aromatic rings. The molecule has 0 bridgehead atoms. The van der Waals surface area contributed by atoms with Crippen LogP contribution in [-0.2, 0) is 11.0 Å². The number of hydrogen-bond donors (Lipinski definition) is 2. The summed E-state index contributed by atoms with van der Waals surface area (Å²) >= 11 is 0. The van der Waals surface area contributed by atoms with E-state index in [9.17, 15) is 22.8 Å². The molecule has 0 spiro atoms. The number of carbonyl (C=O) groups is 2. The Hall–Kier alpha value is -3.99. The van der Waals surface area contributed by atoms with Crippen molar-refractivity contribution in [3.63, 3.8) is 0 Å². The van der Waals surface area contributed by atoms with Crippen molar-refractivity contribution in [3.05, 3.63) is 78.1 Å². The highest BCUT2D eigenvalue weighted by atomic mass is 19.4. The van der Waals surface area contributed by atoms with Gasteiger partial charge < -0.3 is 15.5 Å². The molecule has 1 aliphatic rings. The van der Waals surface area contributed by atoms with Crippen LogP contribution in [0.25, 0.3) is 0 Å². The summed E-state index contributed by atoms with van der Waals surface area (Å²) in [6, 6.07) is 13.6. The summed E-state index contributed by atoms with van der Waals surface area (Å²) < 4.78 is 39.4. The van der Waals surface area contributed by atoms with Gasteiger partial charge in [0.25, 0.3) is 5.91 Å². The van der Waals surface area contributed by atoms with E-state index in [2.05, 4.69) is 20.6 Å². The Labute approximate surface area is 199 Å². The van der Waals surface area contributed by atoms with Gasteiger partial charge in [-0.25, -0.2) is 9.97 Å². The number of benzene rings is 2. The minimum Gasteiger partial charge on any atom is -0.336 e. The summed E-state index contributed by atoms with van der Waals surface area (Å²) in [6.45, 7) is 1.58. The molecule has 2 aromatic carbocycles. The first kappa shape index (κ1) is 24.1. The van der Waals surface area contributed by atoms with Crippen LogP contribution in [0.1, 0.15) is 15.9 Å². The summed E-state index contributed by atoms with van der Waals surface area (Å²) in [6.07, 6.45) is -1.34. The first-order chi connectivity index (χ1) is 16.8. The highest BCUT2D eigenvalue weighted by Crippen LogP contribution is 2.34. The molecule has 0 aliphatic carbocycles. The first-order valence-corrected chi connectivity index (χ1v) is 10.9. The van der Waals surface area contributed by atoms with Crippen molar-refractivity contribution in [1.29, 1.82) is 0 Å². The van der Waals surface area contributed by atoms with Crippen molar-refractivity contribution in [3.8, 4) is 0 Å². The Balaban J connectivity index is 1.30. The Morgan fingerprint density at radius 3 is 2.34 bits per heavy atom. The zero-order chi connectivity index (χ0) is 24.8. The van der Waals surface area contributed by atoms with E-state index in [1.54, 1.807) is 52.5 Å². The number of aromatic nitrogens is 2. The predicted octanol–water partition coefficient (Wildman–Crippen LogP) is 3.64. The molecule has 2 N–H and O–H groups in total. The van der Waals surface area contributed by atoms with E-state index in [0.717, 1.165) is 6.07 Å². The minimum absolute atomic E-state index is 0.0648. The molecule has 0 saturated carbocycles. The number of anilines is 3. The van der Waals surface area contributed by atoms with E-state index in [-0.39, 0.29) is 18.1 Å². The normalized spacial score (nSPS) is 14.4. The molecule has 1 fully saturated rings. The molecule has 0 unspecified atom stereocenters. The van der Waals surface area contributed by atoms with Gasteiger partial charge in [-0.05, 0) is 36.4 Å². The van der Waals surface area contributed by atoms with Crippen LogP contribution in [0.15, 0.2) is 67.0 Å². The van der Waals surface area contributed by atoms with Gasteiger partial charge in [-0.3, -0.25) is 14.5 Å². The fraction of sp³-hybridized carbons (Fsp3) is 0.250. The lowest BCUT2D eigenvalue weighted by Gasteiger charge is -2.34. The Morgan fingerprint density at radius 2 is 1.63 bits per heavy atom. The lowest BCUT2D eigenvalue weighted by molar-refractivity contribution is -0.137. The number of nitrogens with zero attached hydrogens (tertiary/aromatic N) is 4. The SMILES string of the molecule is O=C(CN1CCN(C(=O)c2cccc(Nc3ncccn3)c2)CC1)Nc1ccccc1C(F)(F)F. The number of piperazine rings is 1. The average molecular weight is 484 g/mol. The second-order valence-corrected chi connectivity index (χ2v) is 7.94. The summed E-state index contributed by atoms with van der Waals surface area (Å²) in [4.78, 5) is 37.0. The number of carbonyl (C=O) groups excluding carboxylic acids is 2. The number of alkyl halides is 3. The smallest absolute Gasteiger partial charge is 0.336 e. The van der Waals surface area contributed by atoms with Crippen LogP contribution in [0.2, 0.25) is 0 Å². The maximum absolute atomic E-state index is 13.1. The van der Waals surface area contributed by atoms with Gasteiger partial charge in [0, 0.05) is 49.8 Å². The van der Waals surface area contributed by atoms with E-state index in [0.29, 0.717) is 43.4 Å². The third kappa shape index (κ3) is 6.33. The van der Waals surface area contributed by atoms with Crippen molar-refractivity contribution >= 4 is 29.1 Å².